The minimum atomic E-state index is -0.522. The first-order valence-corrected chi connectivity index (χ1v) is 8.00. The van der Waals surface area contributed by atoms with Gasteiger partial charge in [-0.2, -0.15) is 0 Å². The van der Waals surface area contributed by atoms with E-state index >= 15 is 0 Å². The third-order valence-corrected chi connectivity index (χ3v) is 4.09. The quantitative estimate of drug-likeness (QED) is 0.298. The molecule has 0 bridgehead atoms. The summed E-state index contributed by atoms with van der Waals surface area (Å²) < 4.78 is 12.2. The summed E-state index contributed by atoms with van der Waals surface area (Å²) in [5, 5.41) is 11.3. The van der Waals surface area contributed by atoms with E-state index in [2.05, 4.69) is 4.98 Å². The number of nitrogens with zero attached hydrogens (tertiary/aromatic N) is 3. The van der Waals surface area contributed by atoms with Crippen LogP contribution in [-0.2, 0) is 0 Å². The fourth-order valence-electron chi connectivity index (χ4n) is 2.71. The summed E-state index contributed by atoms with van der Waals surface area (Å²) in [6.07, 6.45) is 7.84. The number of nitro groups is 1. The average Bonchev–Trinajstić information content (AvgIpc) is 3.36. The molecule has 0 N–H and O–H groups in total. The predicted molar refractivity (Wildman–Crippen MR) is 96.1 cm³/mol. The Morgan fingerprint density at radius 2 is 1.93 bits per heavy atom. The Morgan fingerprint density at radius 3 is 2.59 bits per heavy atom. The zero-order valence-electron chi connectivity index (χ0n) is 13.9. The Kier molecular flexibility index (Phi) is 4.13. The molecule has 2 aromatic carbocycles. The highest BCUT2D eigenvalue weighted by molar-refractivity contribution is 6.07. The molecule has 0 unspecified atom stereocenters. The van der Waals surface area contributed by atoms with E-state index in [0.717, 1.165) is 5.69 Å². The molecule has 0 fully saturated rings. The molecule has 0 spiro atoms. The lowest BCUT2D eigenvalue weighted by Gasteiger charge is -2.03. The fraction of sp³-hybridized carbons (Fsp3) is 0.0526. The molecule has 1 aliphatic heterocycles. The van der Waals surface area contributed by atoms with Crippen molar-refractivity contribution in [3.63, 3.8) is 0 Å². The highest BCUT2D eigenvalue weighted by atomic mass is 16.7. The molecule has 8 heteroatoms. The molecule has 1 aliphatic rings. The van der Waals surface area contributed by atoms with E-state index in [-0.39, 0.29) is 23.8 Å². The van der Waals surface area contributed by atoms with Crippen molar-refractivity contribution in [2.24, 2.45) is 0 Å². The van der Waals surface area contributed by atoms with Crippen LogP contribution in [-0.4, -0.2) is 27.1 Å². The first-order valence-electron chi connectivity index (χ1n) is 8.00. The smallest absolute Gasteiger partial charge is 0.280 e. The van der Waals surface area contributed by atoms with E-state index < -0.39 is 4.92 Å². The lowest BCUT2D eigenvalue weighted by molar-refractivity contribution is -0.385. The molecule has 2 heterocycles. The van der Waals surface area contributed by atoms with Gasteiger partial charge in [0, 0.05) is 23.6 Å². The summed E-state index contributed by atoms with van der Waals surface area (Å²) in [6, 6.07) is 9.77. The Hall–Kier alpha value is -3.94. The van der Waals surface area contributed by atoms with E-state index in [9.17, 15) is 14.9 Å². The number of aromatic nitrogens is 2. The van der Waals surface area contributed by atoms with Crippen molar-refractivity contribution in [3.05, 3.63) is 82.4 Å². The average molecular weight is 363 g/mol. The molecule has 8 nitrogen and oxygen atoms in total. The van der Waals surface area contributed by atoms with Gasteiger partial charge < -0.3 is 14.0 Å². The Morgan fingerprint density at radius 1 is 1.19 bits per heavy atom. The van der Waals surface area contributed by atoms with Crippen LogP contribution in [0.1, 0.15) is 15.9 Å². The van der Waals surface area contributed by atoms with Crippen molar-refractivity contribution in [1.29, 1.82) is 0 Å². The molecule has 3 aromatic rings. The molecule has 0 saturated heterocycles. The van der Waals surface area contributed by atoms with Crippen LogP contribution in [0.25, 0.3) is 11.8 Å². The maximum atomic E-state index is 12.4. The fourth-order valence-corrected chi connectivity index (χ4v) is 2.71. The molecule has 0 saturated carbocycles. The number of imidazole rings is 1. The van der Waals surface area contributed by atoms with Crippen molar-refractivity contribution >= 4 is 17.5 Å². The lowest BCUT2D eigenvalue weighted by atomic mass is 10.1. The largest absolute Gasteiger partial charge is 0.454 e. The predicted octanol–water partition coefficient (Wildman–Crippen LogP) is 3.41. The van der Waals surface area contributed by atoms with Crippen LogP contribution < -0.4 is 9.47 Å². The van der Waals surface area contributed by atoms with Gasteiger partial charge in [0.15, 0.2) is 17.3 Å². The van der Waals surface area contributed by atoms with E-state index in [1.165, 1.54) is 24.3 Å². The summed E-state index contributed by atoms with van der Waals surface area (Å²) in [7, 11) is 0. The number of benzene rings is 2. The van der Waals surface area contributed by atoms with Crippen molar-refractivity contribution in [2.45, 2.75) is 0 Å². The van der Waals surface area contributed by atoms with Gasteiger partial charge in [-0.05, 0) is 42.5 Å². The van der Waals surface area contributed by atoms with E-state index in [1.54, 1.807) is 43.0 Å². The molecular formula is C19H13N3O5. The number of ether oxygens (including phenoxy) is 2. The molecule has 0 amide bonds. The summed E-state index contributed by atoms with van der Waals surface area (Å²) in [6.45, 7) is 0.0157. The van der Waals surface area contributed by atoms with Crippen molar-refractivity contribution in [2.75, 3.05) is 6.79 Å². The SMILES string of the molecule is O=C(/C=C/c1cc2c(cc1[N+](=O)[O-])OCO2)c1ccc(-n2ccnc2)cc1. The number of allylic oxidation sites excluding steroid dienone is 1. The lowest BCUT2D eigenvalue weighted by Crippen LogP contribution is -1.97. The third-order valence-electron chi connectivity index (χ3n) is 4.09. The van der Waals surface area contributed by atoms with Crippen LogP contribution in [0.5, 0.6) is 11.5 Å². The maximum Gasteiger partial charge on any atom is 0.280 e. The molecule has 4 rings (SSSR count). The summed E-state index contributed by atoms with van der Waals surface area (Å²) >= 11 is 0. The number of fused-ring (bicyclic) bond motifs is 1. The first-order chi connectivity index (χ1) is 13.1. The number of hydrogen-bond donors (Lipinski definition) is 0. The molecular weight excluding hydrogens is 350 g/mol. The zero-order chi connectivity index (χ0) is 18.8. The maximum absolute atomic E-state index is 12.4. The van der Waals surface area contributed by atoms with Gasteiger partial charge in [0.2, 0.25) is 6.79 Å². The van der Waals surface area contributed by atoms with Crippen molar-refractivity contribution in [1.82, 2.24) is 9.55 Å². The van der Waals surface area contributed by atoms with Crippen LogP contribution in [0.3, 0.4) is 0 Å². The number of nitro benzene ring substituents is 1. The molecule has 0 radical (unpaired) electrons. The number of carbonyl (C=O) groups excluding carboxylic acids is 1. The minimum Gasteiger partial charge on any atom is -0.454 e. The van der Waals surface area contributed by atoms with Crippen LogP contribution in [0.4, 0.5) is 5.69 Å². The highest BCUT2D eigenvalue weighted by Gasteiger charge is 2.22. The molecule has 0 atom stereocenters. The van der Waals surface area contributed by atoms with E-state index in [1.807, 2.05) is 4.57 Å². The van der Waals surface area contributed by atoms with Gasteiger partial charge in [0.05, 0.1) is 22.9 Å². The van der Waals surface area contributed by atoms with Crippen LogP contribution in [0.2, 0.25) is 0 Å². The summed E-state index contributed by atoms with van der Waals surface area (Å²) in [4.78, 5) is 27.1. The Bertz CT molecular complexity index is 1040. The minimum absolute atomic E-state index is 0.0157. The van der Waals surface area contributed by atoms with Crippen LogP contribution >= 0.6 is 0 Å². The van der Waals surface area contributed by atoms with E-state index in [0.29, 0.717) is 17.1 Å². The van der Waals surface area contributed by atoms with Gasteiger partial charge in [-0.3, -0.25) is 14.9 Å². The van der Waals surface area contributed by atoms with Crippen molar-refractivity contribution in [3.8, 4) is 17.2 Å². The van der Waals surface area contributed by atoms with Gasteiger partial charge in [-0.25, -0.2) is 4.98 Å². The normalized spacial score (nSPS) is 12.4. The van der Waals surface area contributed by atoms with Gasteiger partial charge >= 0.3 is 0 Å². The molecule has 134 valence electrons. The van der Waals surface area contributed by atoms with Crippen LogP contribution in [0.15, 0.2) is 61.2 Å². The third kappa shape index (κ3) is 3.28. The monoisotopic (exact) mass is 363 g/mol. The van der Waals surface area contributed by atoms with E-state index in [4.69, 9.17) is 9.47 Å². The Balaban J connectivity index is 1.58. The van der Waals surface area contributed by atoms with Gasteiger partial charge in [0.1, 0.15) is 0 Å². The Labute approximate surface area is 153 Å². The number of hydrogen-bond acceptors (Lipinski definition) is 6. The van der Waals surface area contributed by atoms with Gasteiger partial charge in [-0.15, -0.1) is 0 Å². The summed E-state index contributed by atoms with van der Waals surface area (Å²) in [5.74, 6) is 0.469. The second-order valence-corrected chi connectivity index (χ2v) is 5.74. The van der Waals surface area contributed by atoms with Crippen LogP contribution in [0, 0.1) is 10.1 Å². The molecule has 1 aromatic heterocycles. The zero-order valence-corrected chi connectivity index (χ0v) is 13.9. The second-order valence-electron chi connectivity index (χ2n) is 5.74. The number of rotatable bonds is 5. The molecule has 0 aliphatic carbocycles. The highest BCUT2D eigenvalue weighted by Crippen LogP contribution is 2.38. The second kappa shape index (κ2) is 6.75. The standard InChI is InChI=1S/C19H13N3O5/c23-17(13-1-4-15(5-2-13)21-8-7-20-11-21)6-3-14-9-18-19(27-12-26-18)10-16(14)22(24)25/h1-11H,12H2/b6-3+. The van der Waals surface area contributed by atoms with Gasteiger partial charge in [-0.1, -0.05) is 0 Å². The first kappa shape index (κ1) is 16.5. The van der Waals surface area contributed by atoms with Crippen molar-refractivity contribution < 1.29 is 19.2 Å². The van der Waals surface area contributed by atoms with Gasteiger partial charge in [0.25, 0.3) is 5.69 Å². The summed E-state index contributed by atoms with van der Waals surface area (Å²) in [5.41, 5.74) is 1.46. The number of ketones is 1. The number of carbonyl (C=O) groups is 1. The topological polar surface area (TPSA) is 96.5 Å². The molecule has 27 heavy (non-hydrogen) atoms.